The predicted octanol–water partition coefficient (Wildman–Crippen LogP) is 6.44. The van der Waals surface area contributed by atoms with Crippen molar-refractivity contribution in [1.82, 2.24) is 14.5 Å². The summed E-state index contributed by atoms with van der Waals surface area (Å²) in [5.74, 6) is 1.76. The molecule has 2 aromatic heterocycles. The van der Waals surface area contributed by atoms with Gasteiger partial charge >= 0.3 is 0 Å². The first kappa shape index (κ1) is 21.8. The summed E-state index contributed by atoms with van der Waals surface area (Å²) in [5.41, 5.74) is 4.71. The number of nitriles is 2. The zero-order chi connectivity index (χ0) is 23.5. The summed E-state index contributed by atoms with van der Waals surface area (Å²) in [7, 11) is 0. The Kier molecular flexibility index (Phi) is 6.07. The highest BCUT2D eigenvalue weighted by molar-refractivity contribution is 8.00. The molecule has 2 heterocycles. The molecule has 1 fully saturated rings. The number of nitrogens with zero attached hydrogens (tertiary/aromatic N) is 5. The molecule has 0 spiro atoms. The second-order valence-electron chi connectivity index (χ2n) is 8.07. The smallest absolute Gasteiger partial charge is 0.256 e. The highest BCUT2D eigenvalue weighted by Crippen LogP contribution is 2.45. The van der Waals surface area contributed by atoms with Gasteiger partial charge in [-0.2, -0.15) is 10.5 Å². The summed E-state index contributed by atoms with van der Waals surface area (Å²) < 4.78 is 11.5. The summed E-state index contributed by atoms with van der Waals surface area (Å²) in [6, 6.07) is 18.7. The first-order chi connectivity index (χ1) is 16.7. The van der Waals surface area contributed by atoms with Crippen LogP contribution in [0.3, 0.4) is 0 Å². The van der Waals surface area contributed by atoms with Gasteiger partial charge in [0.05, 0.1) is 16.8 Å². The van der Waals surface area contributed by atoms with E-state index in [-0.39, 0.29) is 11.6 Å². The van der Waals surface area contributed by atoms with Crippen molar-refractivity contribution in [2.45, 2.75) is 32.2 Å². The van der Waals surface area contributed by atoms with Gasteiger partial charge in [0.25, 0.3) is 5.88 Å². The van der Waals surface area contributed by atoms with Gasteiger partial charge < -0.3 is 14.0 Å². The van der Waals surface area contributed by atoms with Crippen molar-refractivity contribution in [2.24, 2.45) is 0 Å². The number of hydrogen-bond donors (Lipinski definition) is 1. The van der Waals surface area contributed by atoms with Crippen LogP contribution in [-0.2, 0) is 0 Å². The van der Waals surface area contributed by atoms with Crippen molar-refractivity contribution in [1.29, 1.82) is 10.5 Å². The molecule has 8 heteroatoms. The number of benzene rings is 2. The molecule has 7 nitrogen and oxygen atoms in total. The highest BCUT2D eigenvalue weighted by atomic mass is 32.2. The summed E-state index contributed by atoms with van der Waals surface area (Å²) in [6.07, 6.45) is 6.21. The first-order valence-electron chi connectivity index (χ1n) is 11.2. The maximum atomic E-state index is 10.1. The monoisotopic (exact) mass is 466 g/mol. The van der Waals surface area contributed by atoms with E-state index in [1.807, 2.05) is 18.2 Å². The lowest BCUT2D eigenvalue weighted by Gasteiger charge is -2.12. The van der Waals surface area contributed by atoms with Crippen molar-refractivity contribution in [3.8, 4) is 35.0 Å². The fourth-order valence-corrected chi connectivity index (χ4v) is 4.59. The van der Waals surface area contributed by atoms with Crippen LogP contribution < -0.4 is 9.46 Å². The maximum Gasteiger partial charge on any atom is 0.256 e. The van der Waals surface area contributed by atoms with Gasteiger partial charge in [-0.1, -0.05) is 31.0 Å². The van der Waals surface area contributed by atoms with Crippen molar-refractivity contribution >= 4 is 28.5 Å². The van der Waals surface area contributed by atoms with E-state index < -0.39 is 0 Å². The summed E-state index contributed by atoms with van der Waals surface area (Å²) >= 11 is 1.69. The number of rotatable bonds is 8. The molecule has 0 amide bonds. The normalized spacial score (nSPS) is 12.8. The molecule has 4 aromatic rings. The van der Waals surface area contributed by atoms with E-state index in [4.69, 9.17) is 4.74 Å². The minimum Gasteiger partial charge on any atom is -0.436 e. The molecule has 0 radical (unpaired) electrons. The van der Waals surface area contributed by atoms with Crippen LogP contribution in [0.25, 0.3) is 22.2 Å². The molecule has 0 aliphatic heterocycles. The minimum atomic E-state index is 0.129. The van der Waals surface area contributed by atoms with Crippen LogP contribution in [0.1, 0.15) is 43.5 Å². The Morgan fingerprint density at radius 1 is 1.09 bits per heavy atom. The molecule has 0 bridgehead atoms. The van der Waals surface area contributed by atoms with Gasteiger partial charge in [-0.25, -0.2) is 9.97 Å². The zero-order valence-corrected chi connectivity index (χ0v) is 19.5. The third kappa shape index (κ3) is 4.16. The van der Waals surface area contributed by atoms with Gasteiger partial charge in [-0.3, -0.25) is 0 Å². The number of ether oxygens (including phenoxy) is 1. The maximum absolute atomic E-state index is 10.1. The summed E-state index contributed by atoms with van der Waals surface area (Å²) in [5, 5.41) is 20.3. The fraction of sp³-hybridized carbons (Fsp3) is 0.231. The van der Waals surface area contributed by atoms with Crippen LogP contribution in [0.5, 0.6) is 11.6 Å². The Labute approximate surface area is 202 Å². The SMILES string of the molecule is CCCSNc1ccc(-c2c(C#N)c3ccc(Oc4nccnc4C#N)cc3n2C2CC2)cc1. The lowest BCUT2D eigenvalue weighted by atomic mass is 10.1. The van der Waals surface area contributed by atoms with Crippen LogP contribution in [0.4, 0.5) is 5.69 Å². The molecular weight excluding hydrogens is 444 g/mol. The Morgan fingerprint density at radius 2 is 1.88 bits per heavy atom. The average molecular weight is 467 g/mol. The van der Waals surface area contributed by atoms with Gasteiger partial charge in [0.15, 0.2) is 0 Å². The molecule has 1 aliphatic rings. The zero-order valence-electron chi connectivity index (χ0n) is 18.7. The molecule has 1 N–H and O–H groups in total. The Hall–Kier alpha value is -4.01. The van der Waals surface area contributed by atoms with Gasteiger partial charge in [-0.15, -0.1) is 0 Å². The van der Waals surface area contributed by atoms with Crippen LogP contribution in [0.2, 0.25) is 0 Å². The average Bonchev–Trinajstić information content (AvgIpc) is 3.66. The van der Waals surface area contributed by atoms with Crippen molar-refractivity contribution in [2.75, 3.05) is 10.5 Å². The van der Waals surface area contributed by atoms with E-state index in [0.717, 1.165) is 52.9 Å². The molecule has 0 saturated heterocycles. The Balaban J connectivity index is 1.57. The molecule has 0 unspecified atom stereocenters. The van der Waals surface area contributed by atoms with Gasteiger partial charge in [0, 0.05) is 41.3 Å². The Morgan fingerprint density at radius 3 is 2.59 bits per heavy atom. The van der Waals surface area contributed by atoms with E-state index in [1.165, 1.54) is 12.4 Å². The number of nitrogens with one attached hydrogen (secondary N) is 1. The molecular formula is C26H22N6OS. The summed E-state index contributed by atoms with van der Waals surface area (Å²) in [4.78, 5) is 8.15. The van der Waals surface area contributed by atoms with E-state index in [1.54, 1.807) is 18.0 Å². The lowest BCUT2D eigenvalue weighted by Crippen LogP contribution is -1.98. The van der Waals surface area contributed by atoms with Crippen LogP contribution in [0.15, 0.2) is 54.9 Å². The lowest BCUT2D eigenvalue weighted by molar-refractivity contribution is 0.458. The number of hydrogen-bond acceptors (Lipinski definition) is 7. The second-order valence-corrected chi connectivity index (χ2v) is 8.97. The molecule has 1 saturated carbocycles. The first-order valence-corrected chi connectivity index (χ1v) is 12.2. The predicted molar refractivity (Wildman–Crippen MR) is 134 cm³/mol. The Bertz CT molecular complexity index is 1430. The third-order valence-electron chi connectivity index (χ3n) is 5.64. The van der Waals surface area contributed by atoms with Crippen LogP contribution in [-0.4, -0.2) is 20.3 Å². The summed E-state index contributed by atoms with van der Waals surface area (Å²) in [6.45, 7) is 2.16. The van der Waals surface area contributed by atoms with E-state index >= 15 is 0 Å². The molecule has 0 atom stereocenters. The second kappa shape index (κ2) is 9.46. The number of fused-ring (bicyclic) bond motifs is 1. The largest absolute Gasteiger partial charge is 0.436 e. The number of anilines is 1. The standard InChI is InChI=1S/C26H22N6OS/c1-2-13-34-31-18-5-3-17(4-6-18)25-22(15-27)21-10-9-20(14-24(21)32(25)19-7-8-19)33-26-23(16-28)29-11-12-30-26/h3-6,9-12,14,19,31H,2,7-8,13H2,1H3. The minimum absolute atomic E-state index is 0.129. The van der Waals surface area contributed by atoms with Crippen molar-refractivity contribution in [3.63, 3.8) is 0 Å². The molecule has 5 rings (SSSR count). The van der Waals surface area contributed by atoms with Crippen LogP contribution >= 0.6 is 11.9 Å². The third-order valence-corrected chi connectivity index (χ3v) is 6.63. The highest BCUT2D eigenvalue weighted by Gasteiger charge is 2.31. The van der Waals surface area contributed by atoms with Crippen LogP contribution in [0, 0.1) is 22.7 Å². The quantitative estimate of drug-likeness (QED) is 0.236. The van der Waals surface area contributed by atoms with Gasteiger partial charge in [0.1, 0.15) is 17.9 Å². The van der Waals surface area contributed by atoms with Crippen molar-refractivity contribution < 1.29 is 4.74 Å². The molecule has 1 aliphatic carbocycles. The topological polar surface area (TPSA) is 99.6 Å². The van der Waals surface area contributed by atoms with E-state index in [9.17, 15) is 10.5 Å². The molecule has 34 heavy (non-hydrogen) atoms. The molecule has 168 valence electrons. The molecule has 2 aromatic carbocycles. The van der Waals surface area contributed by atoms with Gasteiger partial charge in [0.2, 0.25) is 5.69 Å². The van der Waals surface area contributed by atoms with E-state index in [0.29, 0.717) is 17.4 Å². The number of aromatic nitrogens is 3. The fourth-order valence-electron chi connectivity index (χ4n) is 3.98. The van der Waals surface area contributed by atoms with Crippen molar-refractivity contribution in [3.05, 3.63) is 66.1 Å². The van der Waals surface area contributed by atoms with Gasteiger partial charge in [-0.05, 0) is 49.1 Å². The van der Waals surface area contributed by atoms with E-state index in [2.05, 4.69) is 56.5 Å².